The number of hydrogen-bond acceptors (Lipinski definition) is 5. The van der Waals surface area contributed by atoms with Crippen molar-refractivity contribution in [3.8, 4) is 11.1 Å². The molecule has 0 fully saturated rings. The zero-order valence-electron chi connectivity index (χ0n) is 12.9. The molecule has 0 saturated carbocycles. The number of aromatic nitrogens is 6. The minimum Gasteiger partial charge on any atom is -0.345 e. The summed E-state index contributed by atoms with van der Waals surface area (Å²) in [5.74, 6) is 0.487. The van der Waals surface area contributed by atoms with E-state index in [0.29, 0.717) is 16.8 Å². The lowest BCUT2D eigenvalue weighted by atomic mass is 10.1. The van der Waals surface area contributed by atoms with Crippen molar-refractivity contribution in [3.05, 3.63) is 37.2 Å². The third-order valence-corrected chi connectivity index (χ3v) is 3.83. The molecule has 0 saturated heterocycles. The Morgan fingerprint density at radius 1 is 1.20 bits per heavy atom. The smallest absolute Gasteiger partial charge is 0.345 e. The van der Waals surface area contributed by atoms with Crippen molar-refractivity contribution >= 4 is 22.8 Å². The van der Waals surface area contributed by atoms with Gasteiger partial charge < -0.3 is 10.3 Å². The molecular weight excluding hydrogens is 335 g/mol. The Morgan fingerprint density at radius 2 is 2.04 bits per heavy atom. The van der Waals surface area contributed by atoms with Crippen molar-refractivity contribution in [1.29, 1.82) is 0 Å². The summed E-state index contributed by atoms with van der Waals surface area (Å²) in [4.78, 5) is 19.4. The summed E-state index contributed by atoms with van der Waals surface area (Å²) >= 11 is 0. The van der Waals surface area contributed by atoms with E-state index in [2.05, 4.69) is 30.2 Å². The normalized spacial score (nSPS) is 13.4. The first-order valence-corrected chi connectivity index (χ1v) is 7.38. The highest BCUT2D eigenvalue weighted by Crippen LogP contribution is 2.28. The summed E-state index contributed by atoms with van der Waals surface area (Å²) in [7, 11) is 0. The molecule has 0 aliphatic heterocycles. The summed E-state index contributed by atoms with van der Waals surface area (Å²) in [5.41, 5.74) is 2.05. The van der Waals surface area contributed by atoms with Crippen LogP contribution in [0.5, 0.6) is 0 Å². The standard InChI is InChI=1S/C15H12F3N7/c1-8(15(16,17)18)23-13-21-6-11-10(5-20-12(11)24-13)9-4-22-14-19-2-3-25(14)7-9/h2-8H,1H3,(H2,20,21,23,24). The van der Waals surface area contributed by atoms with E-state index in [1.807, 2.05) is 6.20 Å². The number of H-pyrrole nitrogens is 1. The van der Waals surface area contributed by atoms with Crippen LogP contribution < -0.4 is 5.32 Å². The lowest BCUT2D eigenvalue weighted by molar-refractivity contribution is -0.138. The van der Waals surface area contributed by atoms with Gasteiger partial charge in [-0.1, -0.05) is 0 Å². The monoisotopic (exact) mass is 347 g/mol. The highest BCUT2D eigenvalue weighted by atomic mass is 19.4. The zero-order chi connectivity index (χ0) is 17.6. The highest BCUT2D eigenvalue weighted by molar-refractivity contribution is 5.93. The maximum atomic E-state index is 12.6. The SMILES string of the molecule is CC(Nc1ncc2c(-c3cnc4nccn4c3)c[nH]c2n1)C(F)(F)F. The second kappa shape index (κ2) is 5.43. The van der Waals surface area contributed by atoms with E-state index in [-0.39, 0.29) is 5.95 Å². The first-order valence-electron chi connectivity index (χ1n) is 7.38. The molecule has 10 heteroatoms. The summed E-state index contributed by atoms with van der Waals surface area (Å²) in [5, 5.41) is 2.94. The van der Waals surface area contributed by atoms with Gasteiger partial charge in [-0.2, -0.15) is 18.2 Å². The number of halogens is 3. The van der Waals surface area contributed by atoms with Gasteiger partial charge in [0.1, 0.15) is 11.7 Å². The molecule has 4 heterocycles. The fourth-order valence-electron chi connectivity index (χ4n) is 2.45. The van der Waals surface area contributed by atoms with Crippen LogP contribution in [0.2, 0.25) is 0 Å². The summed E-state index contributed by atoms with van der Waals surface area (Å²) in [6.07, 6.45) is 5.78. The molecule has 0 aliphatic carbocycles. The fraction of sp³-hybridized carbons (Fsp3) is 0.200. The van der Waals surface area contributed by atoms with Crippen molar-refractivity contribution in [1.82, 2.24) is 29.3 Å². The Balaban J connectivity index is 1.70. The Labute approximate surface area is 139 Å². The molecule has 0 aromatic carbocycles. The molecular formula is C15H12F3N7. The van der Waals surface area contributed by atoms with Crippen molar-refractivity contribution in [2.45, 2.75) is 19.1 Å². The van der Waals surface area contributed by atoms with Crippen molar-refractivity contribution in [2.75, 3.05) is 5.32 Å². The van der Waals surface area contributed by atoms with Gasteiger partial charge in [0.25, 0.3) is 0 Å². The minimum absolute atomic E-state index is 0.0890. The first-order chi connectivity index (χ1) is 11.9. The third-order valence-electron chi connectivity index (χ3n) is 3.83. The van der Waals surface area contributed by atoms with Gasteiger partial charge in [-0.3, -0.25) is 4.40 Å². The van der Waals surface area contributed by atoms with Crippen molar-refractivity contribution < 1.29 is 13.2 Å². The van der Waals surface area contributed by atoms with Gasteiger partial charge in [0, 0.05) is 53.7 Å². The second-order valence-corrected chi connectivity index (χ2v) is 5.54. The predicted octanol–water partition coefficient (Wildman–Crippen LogP) is 3.03. The Morgan fingerprint density at radius 3 is 2.84 bits per heavy atom. The van der Waals surface area contributed by atoms with Crippen LogP contribution in [-0.4, -0.2) is 41.5 Å². The Hall–Kier alpha value is -3.17. The lowest BCUT2D eigenvalue weighted by Crippen LogP contribution is -2.33. The molecule has 4 aromatic rings. The molecule has 0 spiro atoms. The van der Waals surface area contributed by atoms with Gasteiger partial charge >= 0.3 is 6.18 Å². The third kappa shape index (κ3) is 2.75. The van der Waals surface area contributed by atoms with Gasteiger partial charge in [-0.05, 0) is 6.92 Å². The van der Waals surface area contributed by atoms with Gasteiger partial charge in [-0.25, -0.2) is 15.0 Å². The molecule has 1 atom stereocenters. The van der Waals surface area contributed by atoms with Crippen LogP contribution in [0.1, 0.15) is 6.92 Å². The van der Waals surface area contributed by atoms with Crippen molar-refractivity contribution in [2.24, 2.45) is 0 Å². The number of imidazole rings is 1. The van der Waals surface area contributed by atoms with E-state index in [1.165, 1.54) is 6.20 Å². The Bertz CT molecular complexity index is 1050. The zero-order valence-corrected chi connectivity index (χ0v) is 12.9. The molecule has 2 N–H and O–H groups in total. The number of fused-ring (bicyclic) bond motifs is 2. The van der Waals surface area contributed by atoms with Crippen LogP contribution in [0.15, 0.2) is 37.2 Å². The van der Waals surface area contributed by atoms with E-state index < -0.39 is 12.2 Å². The first kappa shape index (κ1) is 15.4. The second-order valence-electron chi connectivity index (χ2n) is 5.54. The number of rotatable bonds is 3. The summed E-state index contributed by atoms with van der Waals surface area (Å²) < 4.78 is 39.7. The average molecular weight is 347 g/mol. The molecule has 0 aliphatic rings. The van der Waals surface area contributed by atoms with Crippen LogP contribution in [-0.2, 0) is 0 Å². The van der Waals surface area contributed by atoms with E-state index >= 15 is 0 Å². The average Bonchev–Trinajstić information content (AvgIpc) is 3.19. The molecule has 0 radical (unpaired) electrons. The van der Waals surface area contributed by atoms with E-state index in [4.69, 9.17) is 0 Å². The minimum atomic E-state index is -4.37. The maximum Gasteiger partial charge on any atom is 0.408 e. The summed E-state index contributed by atoms with van der Waals surface area (Å²) in [6.45, 7) is 1.01. The van der Waals surface area contributed by atoms with E-state index in [1.54, 1.807) is 29.2 Å². The lowest BCUT2D eigenvalue weighted by Gasteiger charge is -2.16. The number of hydrogen-bond donors (Lipinski definition) is 2. The van der Waals surface area contributed by atoms with Crippen LogP contribution >= 0.6 is 0 Å². The molecule has 4 aromatic heterocycles. The number of aromatic amines is 1. The van der Waals surface area contributed by atoms with Crippen molar-refractivity contribution in [3.63, 3.8) is 0 Å². The topological polar surface area (TPSA) is 83.8 Å². The number of anilines is 1. The predicted molar refractivity (Wildman–Crippen MR) is 85.0 cm³/mol. The number of nitrogens with one attached hydrogen (secondary N) is 2. The van der Waals surface area contributed by atoms with Crippen LogP contribution in [0.3, 0.4) is 0 Å². The molecule has 7 nitrogen and oxygen atoms in total. The molecule has 4 rings (SSSR count). The van der Waals surface area contributed by atoms with Gasteiger partial charge in [0.2, 0.25) is 11.7 Å². The highest BCUT2D eigenvalue weighted by Gasteiger charge is 2.36. The van der Waals surface area contributed by atoms with Crippen LogP contribution in [0, 0.1) is 0 Å². The quantitative estimate of drug-likeness (QED) is 0.595. The van der Waals surface area contributed by atoms with Gasteiger partial charge in [0.15, 0.2) is 0 Å². The Kier molecular flexibility index (Phi) is 3.34. The maximum absolute atomic E-state index is 12.6. The molecule has 0 amide bonds. The van der Waals surface area contributed by atoms with Crippen LogP contribution in [0.25, 0.3) is 27.9 Å². The molecule has 25 heavy (non-hydrogen) atoms. The fourth-order valence-corrected chi connectivity index (χ4v) is 2.45. The molecule has 0 bridgehead atoms. The number of nitrogens with zero attached hydrogens (tertiary/aromatic N) is 5. The van der Waals surface area contributed by atoms with Gasteiger partial charge in [-0.15, -0.1) is 0 Å². The van der Waals surface area contributed by atoms with E-state index in [9.17, 15) is 13.2 Å². The van der Waals surface area contributed by atoms with E-state index in [0.717, 1.165) is 18.1 Å². The number of alkyl halides is 3. The van der Waals surface area contributed by atoms with Gasteiger partial charge in [0.05, 0.1) is 0 Å². The van der Waals surface area contributed by atoms with Crippen LogP contribution in [0.4, 0.5) is 19.1 Å². The summed E-state index contributed by atoms with van der Waals surface area (Å²) in [6, 6.07) is -1.74. The molecule has 1 unspecified atom stereocenters. The largest absolute Gasteiger partial charge is 0.408 e. The molecule has 128 valence electrons.